The number of fused-ring (bicyclic) bond motifs is 1. The molecule has 3 heterocycles. The number of amides is 4. The van der Waals surface area contributed by atoms with Crippen LogP contribution in [0.3, 0.4) is 0 Å². The number of carbonyl (C=O) groups excluding carboxylic acids is 3. The number of nitrogens with zero attached hydrogens (tertiary/aromatic N) is 5. The fourth-order valence-electron chi connectivity index (χ4n) is 3.44. The van der Waals surface area contributed by atoms with Crippen molar-refractivity contribution in [2.24, 2.45) is 11.7 Å². The number of hydrazine groups is 1. The summed E-state index contributed by atoms with van der Waals surface area (Å²) in [4.78, 5) is 42.3. The molecule has 10 heteroatoms. The Balaban J connectivity index is 1.60. The van der Waals surface area contributed by atoms with Crippen molar-refractivity contribution in [2.75, 3.05) is 26.2 Å². The fraction of sp³-hybridized carbons (Fsp3) is 0.625. The van der Waals surface area contributed by atoms with Gasteiger partial charge in [-0.15, -0.1) is 0 Å². The van der Waals surface area contributed by atoms with Crippen LogP contribution in [0.5, 0.6) is 0 Å². The maximum absolute atomic E-state index is 12.7. The van der Waals surface area contributed by atoms with Crippen LogP contribution in [0, 0.1) is 12.8 Å². The van der Waals surface area contributed by atoms with Crippen molar-refractivity contribution in [3.05, 3.63) is 17.7 Å². The fourth-order valence-corrected chi connectivity index (χ4v) is 3.44. The van der Waals surface area contributed by atoms with Gasteiger partial charge in [-0.3, -0.25) is 9.80 Å². The van der Waals surface area contributed by atoms with Crippen molar-refractivity contribution in [2.45, 2.75) is 33.4 Å². The molecule has 0 aliphatic carbocycles. The van der Waals surface area contributed by atoms with Gasteiger partial charge in [-0.05, 0) is 12.8 Å². The number of rotatable bonds is 4. The molecule has 0 spiro atoms. The predicted octanol–water partition coefficient (Wildman–Crippen LogP) is -0.273. The van der Waals surface area contributed by atoms with Gasteiger partial charge < -0.3 is 16.0 Å². The zero-order valence-corrected chi connectivity index (χ0v) is 15.3. The number of nitrogens with one attached hydrogen (secondary N) is 1. The first-order valence-corrected chi connectivity index (χ1v) is 8.74. The van der Waals surface area contributed by atoms with Gasteiger partial charge in [0.25, 0.3) is 0 Å². The van der Waals surface area contributed by atoms with Gasteiger partial charge in [0.2, 0.25) is 5.91 Å². The molecule has 10 nitrogen and oxygen atoms in total. The van der Waals surface area contributed by atoms with Gasteiger partial charge >= 0.3 is 12.1 Å². The summed E-state index contributed by atoms with van der Waals surface area (Å²) in [7, 11) is 0. The topological polar surface area (TPSA) is 117 Å². The Morgan fingerprint density at radius 1 is 1.23 bits per heavy atom. The van der Waals surface area contributed by atoms with Crippen LogP contribution in [-0.4, -0.2) is 74.7 Å². The standard InChI is InChI=1S/C16H25N7O3/c1-10(2)13(19-15(17)25)14(24)20-4-6-21(7-5-20)22-9-12-8-18-11(3)23(12)16(22)26/h8,10,13H,4-7,9H2,1-3H3,(H3,17,19,25)/t13-/m1/s1. The summed E-state index contributed by atoms with van der Waals surface area (Å²) in [6.45, 7) is 8.10. The summed E-state index contributed by atoms with van der Waals surface area (Å²) in [5.41, 5.74) is 6.05. The number of nitrogens with two attached hydrogens (primary N) is 1. The molecule has 0 bridgehead atoms. The van der Waals surface area contributed by atoms with E-state index in [1.807, 2.05) is 18.9 Å². The maximum Gasteiger partial charge on any atom is 0.344 e. The van der Waals surface area contributed by atoms with Crippen LogP contribution in [0.4, 0.5) is 9.59 Å². The van der Waals surface area contributed by atoms with E-state index in [1.165, 1.54) is 0 Å². The van der Waals surface area contributed by atoms with Gasteiger partial charge in [-0.1, -0.05) is 13.8 Å². The molecule has 1 saturated heterocycles. The summed E-state index contributed by atoms with van der Waals surface area (Å²) in [5, 5.41) is 6.19. The largest absolute Gasteiger partial charge is 0.352 e. The lowest BCUT2D eigenvalue weighted by molar-refractivity contribution is -0.138. The average molecular weight is 363 g/mol. The maximum atomic E-state index is 12.7. The number of urea groups is 1. The molecule has 3 N–H and O–H groups in total. The Labute approximate surface area is 151 Å². The minimum atomic E-state index is -0.704. The number of primary amides is 1. The Bertz CT molecular complexity index is 721. The first-order chi connectivity index (χ1) is 12.3. The molecule has 0 saturated carbocycles. The highest BCUT2D eigenvalue weighted by atomic mass is 16.2. The van der Waals surface area contributed by atoms with Crippen molar-refractivity contribution in [1.29, 1.82) is 0 Å². The molecule has 0 aromatic carbocycles. The van der Waals surface area contributed by atoms with Crippen LogP contribution in [0.25, 0.3) is 0 Å². The van der Waals surface area contributed by atoms with Gasteiger partial charge in [-0.25, -0.2) is 24.1 Å². The van der Waals surface area contributed by atoms with E-state index < -0.39 is 12.1 Å². The van der Waals surface area contributed by atoms with Crippen LogP contribution in [0.2, 0.25) is 0 Å². The minimum Gasteiger partial charge on any atom is -0.352 e. The lowest BCUT2D eigenvalue weighted by Crippen LogP contribution is -2.59. The van der Waals surface area contributed by atoms with Crippen LogP contribution >= 0.6 is 0 Å². The quantitative estimate of drug-likeness (QED) is 0.764. The molecular weight excluding hydrogens is 338 g/mol. The zero-order chi connectivity index (χ0) is 19.0. The first-order valence-electron chi connectivity index (χ1n) is 8.74. The smallest absolute Gasteiger partial charge is 0.344 e. The van der Waals surface area contributed by atoms with E-state index in [-0.39, 0.29) is 17.9 Å². The van der Waals surface area contributed by atoms with Gasteiger partial charge in [-0.2, -0.15) is 0 Å². The second kappa shape index (κ2) is 6.94. The number of piperazine rings is 1. The third-order valence-corrected chi connectivity index (χ3v) is 4.87. The lowest BCUT2D eigenvalue weighted by Gasteiger charge is -2.40. The summed E-state index contributed by atoms with van der Waals surface area (Å²) in [6.07, 6.45) is 1.72. The van der Waals surface area contributed by atoms with Gasteiger partial charge in [0.1, 0.15) is 11.9 Å². The van der Waals surface area contributed by atoms with Gasteiger partial charge in [0, 0.05) is 26.2 Å². The highest BCUT2D eigenvalue weighted by Gasteiger charge is 2.36. The van der Waals surface area contributed by atoms with Crippen molar-refractivity contribution in [3.63, 3.8) is 0 Å². The number of hydrogen-bond acceptors (Lipinski definition) is 5. The Hall–Kier alpha value is -2.62. The van der Waals surface area contributed by atoms with Crippen molar-refractivity contribution >= 4 is 18.0 Å². The second-order valence-electron chi connectivity index (χ2n) is 6.98. The third kappa shape index (κ3) is 3.24. The van der Waals surface area contributed by atoms with Crippen molar-refractivity contribution < 1.29 is 14.4 Å². The summed E-state index contributed by atoms with van der Waals surface area (Å²) in [6, 6.07) is -1.45. The molecule has 0 unspecified atom stereocenters. The van der Waals surface area contributed by atoms with Crippen LogP contribution < -0.4 is 11.1 Å². The van der Waals surface area contributed by atoms with Crippen LogP contribution in [0.15, 0.2) is 6.20 Å². The van der Waals surface area contributed by atoms with E-state index >= 15 is 0 Å². The SMILES string of the molecule is Cc1ncc2n1C(=O)N(N1CCN(C(=O)[C@H](NC(N)=O)C(C)C)CC1)C2. The average Bonchev–Trinajstić information content (AvgIpc) is 3.12. The molecule has 142 valence electrons. The summed E-state index contributed by atoms with van der Waals surface area (Å²) in [5.74, 6) is 0.477. The lowest BCUT2D eigenvalue weighted by atomic mass is 10.0. The van der Waals surface area contributed by atoms with Crippen molar-refractivity contribution in [3.8, 4) is 0 Å². The van der Waals surface area contributed by atoms with E-state index in [4.69, 9.17) is 5.73 Å². The van der Waals surface area contributed by atoms with E-state index in [2.05, 4.69) is 10.3 Å². The number of aryl methyl sites for hydroxylation is 1. The number of imidazole rings is 1. The highest BCUT2D eigenvalue weighted by molar-refractivity contribution is 5.87. The molecule has 3 rings (SSSR count). The molecule has 1 fully saturated rings. The normalized spacial score (nSPS) is 19.0. The molecule has 26 heavy (non-hydrogen) atoms. The summed E-state index contributed by atoms with van der Waals surface area (Å²) >= 11 is 0. The van der Waals surface area contributed by atoms with Gasteiger partial charge in [0.05, 0.1) is 18.4 Å². The second-order valence-corrected chi connectivity index (χ2v) is 6.98. The molecule has 4 amide bonds. The van der Waals surface area contributed by atoms with E-state index in [0.29, 0.717) is 38.5 Å². The predicted molar refractivity (Wildman–Crippen MR) is 92.8 cm³/mol. The number of aromatic nitrogens is 2. The first kappa shape index (κ1) is 18.2. The zero-order valence-electron chi connectivity index (χ0n) is 15.3. The molecule has 2 aliphatic rings. The Morgan fingerprint density at radius 2 is 1.88 bits per heavy atom. The monoisotopic (exact) mass is 363 g/mol. The minimum absolute atomic E-state index is 0.0606. The number of hydrogen-bond donors (Lipinski definition) is 2. The summed E-state index contributed by atoms with van der Waals surface area (Å²) < 4.78 is 1.61. The highest BCUT2D eigenvalue weighted by Crippen LogP contribution is 2.21. The van der Waals surface area contributed by atoms with E-state index in [0.717, 1.165) is 5.69 Å². The Kier molecular flexibility index (Phi) is 4.86. The third-order valence-electron chi connectivity index (χ3n) is 4.87. The van der Waals surface area contributed by atoms with Crippen LogP contribution in [-0.2, 0) is 11.3 Å². The van der Waals surface area contributed by atoms with E-state index in [1.54, 1.807) is 27.6 Å². The Morgan fingerprint density at radius 3 is 2.42 bits per heavy atom. The molecule has 1 atom stereocenters. The molecule has 2 aliphatic heterocycles. The molecule has 0 radical (unpaired) electrons. The molecular formula is C16H25N7O3. The van der Waals surface area contributed by atoms with Crippen molar-refractivity contribution in [1.82, 2.24) is 29.8 Å². The molecule has 1 aromatic heterocycles. The molecule has 1 aromatic rings. The van der Waals surface area contributed by atoms with Crippen LogP contribution in [0.1, 0.15) is 25.4 Å². The van der Waals surface area contributed by atoms with Gasteiger partial charge in [0.15, 0.2) is 0 Å². The van der Waals surface area contributed by atoms with E-state index in [9.17, 15) is 14.4 Å². The number of carbonyl (C=O) groups is 3.